The van der Waals surface area contributed by atoms with Gasteiger partial charge < -0.3 is 0 Å². The molecule has 0 saturated heterocycles. The van der Waals surface area contributed by atoms with Gasteiger partial charge >= 0.3 is 0 Å². The Bertz CT molecular complexity index is 330. The van der Waals surface area contributed by atoms with Crippen LogP contribution in [0.2, 0.25) is 0 Å². The third kappa shape index (κ3) is 1.95. The topological polar surface area (TPSA) is 28.7 Å². The summed E-state index contributed by atoms with van der Waals surface area (Å²) in [5.41, 5.74) is 4.63. The van der Waals surface area contributed by atoms with Crippen molar-refractivity contribution in [2.75, 3.05) is 0 Å². The van der Waals surface area contributed by atoms with Crippen molar-refractivity contribution in [3.05, 3.63) is 17.0 Å². The van der Waals surface area contributed by atoms with Crippen molar-refractivity contribution >= 4 is 0 Å². The van der Waals surface area contributed by atoms with E-state index in [2.05, 4.69) is 37.9 Å². The second-order valence-electron chi connectivity index (χ2n) is 5.79. The Labute approximate surface area is 92.5 Å². The molecule has 0 saturated carbocycles. The van der Waals surface area contributed by atoms with Gasteiger partial charge in [-0.3, -0.25) is 5.10 Å². The number of aryl methyl sites for hydroxylation is 2. The highest BCUT2D eigenvalue weighted by Gasteiger charge is 2.30. The second kappa shape index (κ2) is 3.66. The summed E-state index contributed by atoms with van der Waals surface area (Å²) in [6.45, 7) is 9.26. The van der Waals surface area contributed by atoms with Crippen molar-refractivity contribution in [2.24, 2.45) is 11.3 Å². The lowest BCUT2D eigenvalue weighted by molar-refractivity contribution is 0.215. The lowest BCUT2D eigenvalue weighted by atomic mass is 9.71. The zero-order chi connectivity index (χ0) is 11.1. The predicted molar refractivity (Wildman–Crippen MR) is 62.9 cm³/mol. The fourth-order valence-corrected chi connectivity index (χ4v) is 2.59. The highest BCUT2D eigenvalue weighted by Crippen LogP contribution is 2.37. The third-order valence-corrected chi connectivity index (χ3v) is 3.79. The molecule has 1 aromatic rings. The van der Waals surface area contributed by atoms with E-state index in [1.54, 1.807) is 0 Å². The number of nitrogens with zero attached hydrogens (tertiary/aromatic N) is 1. The monoisotopic (exact) mass is 206 g/mol. The fourth-order valence-electron chi connectivity index (χ4n) is 2.59. The van der Waals surface area contributed by atoms with Crippen molar-refractivity contribution in [1.29, 1.82) is 0 Å². The van der Waals surface area contributed by atoms with Gasteiger partial charge in [-0.1, -0.05) is 27.7 Å². The molecule has 2 rings (SSSR count). The molecular weight excluding hydrogens is 184 g/mol. The van der Waals surface area contributed by atoms with Crippen LogP contribution in [0.4, 0.5) is 0 Å². The first-order valence-electron chi connectivity index (χ1n) is 6.07. The van der Waals surface area contributed by atoms with Gasteiger partial charge in [0.25, 0.3) is 0 Å². The number of hydrogen-bond acceptors (Lipinski definition) is 1. The number of fused-ring (bicyclic) bond motifs is 1. The first-order chi connectivity index (χ1) is 7.02. The minimum absolute atomic E-state index is 0.431. The van der Waals surface area contributed by atoms with Crippen molar-refractivity contribution in [3.8, 4) is 0 Å². The number of nitrogens with one attached hydrogen (secondary N) is 1. The summed E-state index contributed by atoms with van der Waals surface area (Å²) in [5.74, 6) is 0.813. The maximum atomic E-state index is 4.41. The molecule has 84 valence electrons. The van der Waals surface area contributed by atoms with E-state index in [-0.39, 0.29) is 0 Å². The Kier molecular flexibility index (Phi) is 2.61. The molecule has 1 aliphatic carbocycles. The van der Waals surface area contributed by atoms with Gasteiger partial charge in [0.15, 0.2) is 0 Å². The van der Waals surface area contributed by atoms with Crippen LogP contribution in [0.5, 0.6) is 0 Å². The summed E-state index contributed by atoms with van der Waals surface area (Å²) in [6, 6.07) is 0. The van der Waals surface area contributed by atoms with Gasteiger partial charge in [0, 0.05) is 5.69 Å². The van der Waals surface area contributed by atoms with Crippen LogP contribution >= 0.6 is 0 Å². The van der Waals surface area contributed by atoms with Crippen LogP contribution in [-0.4, -0.2) is 10.2 Å². The first kappa shape index (κ1) is 10.7. The minimum Gasteiger partial charge on any atom is -0.282 e. The average Bonchev–Trinajstić information content (AvgIpc) is 2.57. The Morgan fingerprint density at radius 2 is 2.13 bits per heavy atom. The number of aromatic nitrogens is 2. The maximum absolute atomic E-state index is 4.41. The SMILES string of the molecule is CCc1n[nH]c2c1CC(C(C)(C)C)CC2. The average molecular weight is 206 g/mol. The molecule has 2 heteroatoms. The molecule has 0 aromatic carbocycles. The van der Waals surface area contributed by atoms with Gasteiger partial charge in [-0.25, -0.2) is 0 Å². The summed E-state index contributed by atoms with van der Waals surface area (Å²) < 4.78 is 0. The highest BCUT2D eigenvalue weighted by molar-refractivity contribution is 5.28. The molecule has 0 spiro atoms. The Morgan fingerprint density at radius 1 is 1.40 bits per heavy atom. The quantitative estimate of drug-likeness (QED) is 0.751. The van der Waals surface area contributed by atoms with Crippen molar-refractivity contribution in [2.45, 2.75) is 53.4 Å². The molecule has 1 N–H and O–H groups in total. The Balaban J connectivity index is 2.25. The maximum Gasteiger partial charge on any atom is 0.0654 e. The second-order valence-corrected chi connectivity index (χ2v) is 5.79. The molecule has 1 aliphatic rings. The van der Waals surface area contributed by atoms with E-state index in [1.807, 2.05) is 0 Å². The summed E-state index contributed by atoms with van der Waals surface area (Å²) in [6.07, 6.45) is 4.77. The zero-order valence-electron chi connectivity index (χ0n) is 10.4. The van der Waals surface area contributed by atoms with E-state index in [1.165, 1.54) is 36.2 Å². The van der Waals surface area contributed by atoms with Crippen molar-refractivity contribution < 1.29 is 0 Å². The summed E-state index contributed by atoms with van der Waals surface area (Å²) >= 11 is 0. The normalized spacial score (nSPS) is 21.5. The molecule has 0 fully saturated rings. The Hall–Kier alpha value is -0.790. The fraction of sp³-hybridized carbons (Fsp3) is 0.769. The van der Waals surface area contributed by atoms with E-state index in [4.69, 9.17) is 0 Å². The number of aromatic amines is 1. The Morgan fingerprint density at radius 3 is 2.73 bits per heavy atom. The van der Waals surface area contributed by atoms with E-state index in [0.717, 1.165) is 12.3 Å². The smallest absolute Gasteiger partial charge is 0.0654 e. The van der Waals surface area contributed by atoms with Gasteiger partial charge in [-0.05, 0) is 42.6 Å². The zero-order valence-corrected chi connectivity index (χ0v) is 10.4. The van der Waals surface area contributed by atoms with E-state index >= 15 is 0 Å². The molecule has 0 aliphatic heterocycles. The van der Waals surface area contributed by atoms with Crippen LogP contribution < -0.4 is 0 Å². The van der Waals surface area contributed by atoms with Gasteiger partial charge in [0.05, 0.1) is 5.69 Å². The summed E-state index contributed by atoms with van der Waals surface area (Å²) in [7, 11) is 0. The third-order valence-electron chi connectivity index (χ3n) is 3.79. The van der Waals surface area contributed by atoms with Gasteiger partial charge in [-0.15, -0.1) is 0 Å². The highest BCUT2D eigenvalue weighted by atomic mass is 15.1. The van der Waals surface area contributed by atoms with Crippen LogP contribution in [0.1, 0.15) is 51.1 Å². The van der Waals surface area contributed by atoms with Crippen LogP contribution in [0, 0.1) is 11.3 Å². The first-order valence-corrected chi connectivity index (χ1v) is 6.07. The van der Waals surface area contributed by atoms with Gasteiger partial charge in [0.2, 0.25) is 0 Å². The van der Waals surface area contributed by atoms with E-state index in [9.17, 15) is 0 Å². The van der Waals surface area contributed by atoms with Gasteiger partial charge in [-0.2, -0.15) is 5.10 Å². The number of H-pyrrole nitrogens is 1. The van der Waals surface area contributed by atoms with Crippen molar-refractivity contribution in [1.82, 2.24) is 10.2 Å². The molecule has 1 heterocycles. The molecule has 0 bridgehead atoms. The number of rotatable bonds is 1. The molecule has 0 amide bonds. The predicted octanol–water partition coefficient (Wildman–Crippen LogP) is 3.12. The summed E-state index contributed by atoms with van der Waals surface area (Å²) in [5, 5.41) is 7.61. The van der Waals surface area contributed by atoms with Crippen LogP contribution in [0.25, 0.3) is 0 Å². The van der Waals surface area contributed by atoms with Gasteiger partial charge in [0.1, 0.15) is 0 Å². The molecule has 1 atom stereocenters. The molecular formula is C13H22N2. The lowest BCUT2D eigenvalue weighted by Crippen LogP contribution is -2.27. The molecule has 1 unspecified atom stereocenters. The molecule has 2 nitrogen and oxygen atoms in total. The van der Waals surface area contributed by atoms with Crippen LogP contribution in [0.15, 0.2) is 0 Å². The molecule has 1 aromatic heterocycles. The van der Waals surface area contributed by atoms with Crippen LogP contribution in [-0.2, 0) is 19.3 Å². The molecule has 15 heavy (non-hydrogen) atoms. The largest absolute Gasteiger partial charge is 0.282 e. The number of hydrogen-bond donors (Lipinski definition) is 1. The van der Waals surface area contributed by atoms with Crippen molar-refractivity contribution in [3.63, 3.8) is 0 Å². The van der Waals surface area contributed by atoms with E-state index in [0.29, 0.717) is 5.41 Å². The summed E-state index contributed by atoms with van der Waals surface area (Å²) in [4.78, 5) is 0. The minimum atomic E-state index is 0.431. The molecule has 0 radical (unpaired) electrons. The van der Waals surface area contributed by atoms with E-state index < -0.39 is 0 Å². The standard InChI is InChI=1S/C13H22N2/c1-5-11-10-8-9(13(2,3)4)6-7-12(10)15-14-11/h9H,5-8H2,1-4H3,(H,14,15). The lowest BCUT2D eigenvalue weighted by Gasteiger charge is -2.33. The van der Waals surface area contributed by atoms with Crippen LogP contribution in [0.3, 0.4) is 0 Å².